The lowest BCUT2D eigenvalue weighted by Gasteiger charge is -2.05. The molecule has 0 saturated heterocycles. The standard InChI is InChI=1S/C10H11BrO3/c1-6-4-7(2-3-9(13)14)5-8(12)10(6)11/h4-5,12H,2-3H2,1H3,(H,13,14). The van der Waals surface area contributed by atoms with Crippen molar-refractivity contribution < 1.29 is 15.0 Å². The molecule has 0 aliphatic rings. The van der Waals surface area contributed by atoms with Gasteiger partial charge in [-0.1, -0.05) is 6.07 Å². The third kappa shape index (κ3) is 2.73. The van der Waals surface area contributed by atoms with Crippen LogP contribution in [0.2, 0.25) is 0 Å². The Kier molecular flexibility index (Phi) is 3.52. The van der Waals surface area contributed by atoms with E-state index >= 15 is 0 Å². The van der Waals surface area contributed by atoms with Crippen LogP contribution in [-0.4, -0.2) is 16.2 Å². The fourth-order valence-corrected chi connectivity index (χ4v) is 1.45. The molecule has 0 amide bonds. The molecule has 14 heavy (non-hydrogen) atoms. The molecule has 1 aromatic carbocycles. The zero-order chi connectivity index (χ0) is 10.7. The third-order valence-corrected chi connectivity index (χ3v) is 2.95. The first-order valence-corrected chi connectivity index (χ1v) is 5.00. The van der Waals surface area contributed by atoms with Crippen LogP contribution >= 0.6 is 15.9 Å². The average Bonchev–Trinajstić information content (AvgIpc) is 2.10. The first kappa shape index (κ1) is 11.0. The number of halogens is 1. The molecule has 0 bridgehead atoms. The van der Waals surface area contributed by atoms with Crippen LogP contribution in [0.4, 0.5) is 0 Å². The molecule has 0 aromatic heterocycles. The molecule has 0 heterocycles. The van der Waals surface area contributed by atoms with Gasteiger partial charge in [0.2, 0.25) is 0 Å². The molecule has 0 radical (unpaired) electrons. The Morgan fingerprint density at radius 3 is 2.64 bits per heavy atom. The van der Waals surface area contributed by atoms with Crippen molar-refractivity contribution in [3.05, 3.63) is 27.7 Å². The fraction of sp³-hybridized carbons (Fsp3) is 0.300. The molecule has 0 spiro atoms. The van der Waals surface area contributed by atoms with Gasteiger partial charge in [0.25, 0.3) is 0 Å². The summed E-state index contributed by atoms with van der Waals surface area (Å²) in [6.07, 6.45) is 0.525. The predicted molar refractivity (Wildman–Crippen MR) is 56.5 cm³/mol. The maximum absolute atomic E-state index is 10.3. The van der Waals surface area contributed by atoms with Crippen LogP contribution in [0, 0.1) is 6.92 Å². The Morgan fingerprint density at radius 2 is 2.14 bits per heavy atom. The third-order valence-electron chi connectivity index (χ3n) is 1.92. The van der Waals surface area contributed by atoms with E-state index in [0.717, 1.165) is 11.1 Å². The van der Waals surface area contributed by atoms with E-state index in [-0.39, 0.29) is 12.2 Å². The lowest BCUT2D eigenvalue weighted by Crippen LogP contribution is -1.97. The van der Waals surface area contributed by atoms with Crippen molar-refractivity contribution >= 4 is 21.9 Å². The van der Waals surface area contributed by atoms with Crippen molar-refractivity contribution in [2.24, 2.45) is 0 Å². The van der Waals surface area contributed by atoms with Crippen LogP contribution < -0.4 is 0 Å². The molecule has 1 rings (SSSR count). The lowest BCUT2D eigenvalue weighted by atomic mass is 10.1. The summed E-state index contributed by atoms with van der Waals surface area (Å²) in [6.45, 7) is 1.86. The van der Waals surface area contributed by atoms with Crippen molar-refractivity contribution in [1.29, 1.82) is 0 Å². The zero-order valence-corrected chi connectivity index (χ0v) is 9.34. The predicted octanol–water partition coefficient (Wildman–Crippen LogP) is 2.48. The monoisotopic (exact) mass is 258 g/mol. The summed E-state index contributed by atoms with van der Waals surface area (Å²) in [5.41, 5.74) is 1.75. The van der Waals surface area contributed by atoms with Crippen molar-refractivity contribution in [3.63, 3.8) is 0 Å². The highest BCUT2D eigenvalue weighted by Crippen LogP contribution is 2.28. The van der Waals surface area contributed by atoms with Crippen LogP contribution in [0.15, 0.2) is 16.6 Å². The van der Waals surface area contributed by atoms with E-state index in [9.17, 15) is 9.90 Å². The fourth-order valence-electron chi connectivity index (χ4n) is 1.22. The second-order valence-electron chi connectivity index (χ2n) is 3.14. The van der Waals surface area contributed by atoms with Gasteiger partial charge in [-0.25, -0.2) is 0 Å². The Balaban J connectivity index is 2.84. The Labute approximate surface area is 90.5 Å². The smallest absolute Gasteiger partial charge is 0.303 e. The molecule has 0 aliphatic carbocycles. The number of carboxylic acid groups (broad SMARTS) is 1. The summed E-state index contributed by atoms with van der Waals surface area (Å²) >= 11 is 3.23. The highest BCUT2D eigenvalue weighted by molar-refractivity contribution is 9.10. The number of aromatic hydroxyl groups is 1. The summed E-state index contributed by atoms with van der Waals surface area (Å²) in [5.74, 6) is -0.671. The second-order valence-corrected chi connectivity index (χ2v) is 3.93. The van der Waals surface area contributed by atoms with Crippen LogP contribution in [-0.2, 0) is 11.2 Å². The van der Waals surface area contributed by atoms with Gasteiger partial charge in [0.15, 0.2) is 0 Å². The molecule has 0 unspecified atom stereocenters. The summed E-state index contributed by atoms with van der Waals surface area (Å²) in [6, 6.07) is 3.45. The molecule has 0 fully saturated rings. The number of hydrogen-bond donors (Lipinski definition) is 2. The number of carbonyl (C=O) groups is 1. The van der Waals surface area contributed by atoms with E-state index < -0.39 is 5.97 Å². The average molecular weight is 259 g/mol. The highest BCUT2D eigenvalue weighted by Gasteiger charge is 2.05. The first-order chi connectivity index (χ1) is 6.50. The molecule has 0 saturated carbocycles. The van der Waals surface area contributed by atoms with E-state index in [1.165, 1.54) is 0 Å². The van der Waals surface area contributed by atoms with Gasteiger partial charge in [-0.2, -0.15) is 0 Å². The number of hydrogen-bond acceptors (Lipinski definition) is 2. The normalized spacial score (nSPS) is 10.1. The molecule has 0 atom stereocenters. The van der Waals surface area contributed by atoms with Gasteiger partial charge in [0.05, 0.1) is 4.47 Å². The number of benzene rings is 1. The molecule has 1 aromatic rings. The number of phenolic OH excluding ortho intramolecular Hbond substituents is 1. The van der Waals surface area contributed by atoms with Gasteiger partial charge in [-0.05, 0) is 46.5 Å². The Bertz CT molecular complexity index is 337. The van der Waals surface area contributed by atoms with Gasteiger partial charge < -0.3 is 10.2 Å². The highest BCUT2D eigenvalue weighted by atomic mass is 79.9. The van der Waals surface area contributed by atoms with Crippen molar-refractivity contribution in [3.8, 4) is 5.75 Å². The van der Waals surface area contributed by atoms with E-state index in [1.807, 2.05) is 13.0 Å². The zero-order valence-electron chi connectivity index (χ0n) is 7.75. The molecule has 0 aliphatic heterocycles. The summed E-state index contributed by atoms with van der Waals surface area (Å²) in [4.78, 5) is 10.3. The van der Waals surface area contributed by atoms with Gasteiger partial charge in [0, 0.05) is 6.42 Å². The maximum atomic E-state index is 10.3. The topological polar surface area (TPSA) is 57.5 Å². The van der Waals surface area contributed by atoms with Gasteiger partial charge in [-0.15, -0.1) is 0 Å². The number of phenols is 1. The molecular weight excluding hydrogens is 248 g/mol. The largest absolute Gasteiger partial charge is 0.507 e. The van der Waals surface area contributed by atoms with Crippen molar-refractivity contribution in [2.45, 2.75) is 19.8 Å². The van der Waals surface area contributed by atoms with Crippen molar-refractivity contribution in [1.82, 2.24) is 0 Å². The van der Waals surface area contributed by atoms with E-state index in [1.54, 1.807) is 6.07 Å². The summed E-state index contributed by atoms with van der Waals surface area (Å²) < 4.78 is 0.663. The van der Waals surface area contributed by atoms with Gasteiger partial charge in [-0.3, -0.25) is 4.79 Å². The number of carboxylic acids is 1. The van der Waals surface area contributed by atoms with Crippen LogP contribution in [0.25, 0.3) is 0 Å². The molecule has 2 N–H and O–H groups in total. The van der Waals surface area contributed by atoms with E-state index in [2.05, 4.69) is 15.9 Å². The molecule has 76 valence electrons. The molecular formula is C10H11BrO3. The van der Waals surface area contributed by atoms with Crippen LogP contribution in [0.1, 0.15) is 17.5 Å². The summed E-state index contributed by atoms with van der Waals surface area (Å²) in [5, 5.41) is 17.9. The van der Waals surface area contributed by atoms with Crippen LogP contribution in [0.3, 0.4) is 0 Å². The molecule has 4 heteroatoms. The Morgan fingerprint density at radius 1 is 1.50 bits per heavy atom. The molecule has 3 nitrogen and oxygen atoms in total. The minimum Gasteiger partial charge on any atom is -0.507 e. The number of aryl methyl sites for hydroxylation is 2. The van der Waals surface area contributed by atoms with Gasteiger partial charge in [0.1, 0.15) is 5.75 Å². The van der Waals surface area contributed by atoms with Crippen molar-refractivity contribution in [2.75, 3.05) is 0 Å². The lowest BCUT2D eigenvalue weighted by molar-refractivity contribution is -0.136. The van der Waals surface area contributed by atoms with E-state index in [4.69, 9.17) is 5.11 Å². The SMILES string of the molecule is Cc1cc(CCC(=O)O)cc(O)c1Br. The maximum Gasteiger partial charge on any atom is 0.303 e. The van der Waals surface area contributed by atoms with Gasteiger partial charge >= 0.3 is 5.97 Å². The Hall–Kier alpha value is -1.03. The van der Waals surface area contributed by atoms with E-state index in [0.29, 0.717) is 10.9 Å². The quantitative estimate of drug-likeness (QED) is 0.876. The summed E-state index contributed by atoms with van der Waals surface area (Å²) in [7, 11) is 0. The minimum atomic E-state index is -0.829. The first-order valence-electron chi connectivity index (χ1n) is 4.20. The minimum absolute atomic E-state index is 0.0838. The number of aliphatic carboxylic acids is 1. The van der Waals surface area contributed by atoms with Crippen LogP contribution in [0.5, 0.6) is 5.75 Å². The number of rotatable bonds is 3. The second kappa shape index (κ2) is 4.46.